The highest BCUT2D eigenvalue weighted by atomic mass is 19.4. The van der Waals surface area contributed by atoms with Crippen LogP contribution in [0.4, 0.5) is 13.2 Å². The van der Waals surface area contributed by atoms with E-state index in [1.54, 1.807) is 11.9 Å². The van der Waals surface area contributed by atoms with Gasteiger partial charge in [-0.3, -0.25) is 4.79 Å². The lowest BCUT2D eigenvalue weighted by molar-refractivity contribution is -0.137. The Morgan fingerprint density at radius 1 is 1.41 bits per heavy atom. The number of nitrogens with zero attached hydrogens (tertiary/aromatic N) is 2. The smallest absolute Gasteiger partial charge is 0.357 e. The standard InChI is InChI=1S/C19H23F3N4O/c1-3-23-18(25-16-9-10-17(27)26(2)13-16)24-11-5-7-14-6-4-8-15(12-14)19(20,21)22/h4,6,8,12,16H,3,9-11,13H2,1-2H3,(H2,23,24,25). The number of aliphatic imine (C=N–C) groups is 1. The summed E-state index contributed by atoms with van der Waals surface area (Å²) in [6.07, 6.45) is -3.17. The first-order valence-corrected chi connectivity index (χ1v) is 8.74. The quantitative estimate of drug-likeness (QED) is 0.480. The van der Waals surface area contributed by atoms with Gasteiger partial charge >= 0.3 is 6.18 Å². The molecule has 1 amide bonds. The molecule has 2 N–H and O–H groups in total. The molecule has 1 fully saturated rings. The number of guanidine groups is 1. The lowest BCUT2D eigenvalue weighted by Crippen LogP contribution is -2.51. The summed E-state index contributed by atoms with van der Waals surface area (Å²) in [6, 6.07) is 5.01. The monoisotopic (exact) mass is 380 g/mol. The van der Waals surface area contributed by atoms with E-state index in [1.165, 1.54) is 12.1 Å². The van der Waals surface area contributed by atoms with Crippen molar-refractivity contribution >= 4 is 11.9 Å². The van der Waals surface area contributed by atoms with Crippen LogP contribution in [0, 0.1) is 11.8 Å². The Kier molecular flexibility index (Phi) is 7.11. The summed E-state index contributed by atoms with van der Waals surface area (Å²) in [5.74, 6) is 6.18. The highest BCUT2D eigenvalue weighted by Gasteiger charge is 2.30. The highest BCUT2D eigenvalue weighted by molar-refractivity contribution is 5.81. The SMILES string of the molecule is CCNC(=NCC#Cc1cccc(C(F)(F)F)c1)NC1CCC(=O)N(C)C1. The van der Waals surface area contributed by atoms with Crippen LogP contribution in [0.1, 0.15) is 30.9 Å². The van der Waals surface area contributed by atoms with Crippen LogP contribution in [0.5, 0.6) is 0 Å². The molecule has 0 saturated carbocycles. The Balaban J connectivity index is 1.98. The lowest BCUT2D eigenvalue weighted by Gasteiger charge is -2.31. The van der Waals surface area contributed by atoms with Crippen LogP contribution in [-0.4, -0.2) is 49.5 Å². The average Bonchev–Trinajstić information content (AvgIpc) is 2.61. The summed E-state index contributed by atoms with van der Waals surface area (Å²) in [4.78, 5) is 17.6. The van der Waals surface area contributed by atoms with E-state index in [0.717, 1.165) is 18.6 Å². The number of amides is 1. The van der Waals surface area contributed by atoms with Crippen LogP contribution in [0.15, 0.2) is 29.3 Å². The maximum Gasteiger partial charge on any atom is 0.416 e. The number of carbonyl (C=O) groups excluding carboxylic acids is 1. The summed E-state index contributed by atoms with van der Waals surface area (Å²) < 4.78 is 38.1. The van der Waals surface area contributed by atoms with Gasteiger partial charge in [0.25, 0.3) is 0 Å². The molecule has 5 nitrogen and oxygen atoms in total. The molecule has 1 aromatic rings. The predicted molar refractivity (Wildman–Crippen MR) is 98.1 cm³/mol. The number of alkyl halides is 3. The van der Waals surface area contributed by atoms with Crippen molar-refractivity contribution in [1.82, 2.24) is 15.5 Å². The second-order valence-electron chi connectivity index (χ2n) is 6.23. The molecule has 1 unspecified atom stereocenters. The Morgan fingerprint density at radius 2 is 2.19 bits per heavy atom. The van der Waals surface area contributed by atoms with Crippen molar-refractivity contribution in [3.05, 3.63) is 35.4 Å². The van der Waals surface area contributed by atoms with Gasteiger partial charge in [-0.2, -0.15) is 13.2 Å². The Labute approximate surface area is 157 Å². The zero-order valence-electron chi connectivity index (χ0n) is 15.4. The van der Waals surface area contributed by atoms with Crippen LogP contribution in [0.25, 0.3) is 0 Å². The van der Waals surface area contributed by atoms with Gasteiger partial charge in [0.2, 0.25) is 5.91 Å². The molecule has 0 spiro atoms. The molecule has 2 rings (SSSR count). The molecule has 1 heterocycles. The van der Waals surface area contributed by atoms with Gasteiger partial charge < -0.3 is 15.5 Å². The number of hydrogen-bond acceptors (Lipinski definition) is 2. The average molecular weight is 380 g/mol. The van der Waals surface area contributed by atoms with E-state index in [0.29, 0.717) is 31.0 Å². The fourth-order valence-corrected chi connectivity index (χ4v) is 2.68. The molecule has 27 heavy (non-hydrogen) atoms. The van der Waals surface area contributed by atoms with Gasteiger partial charge in [-0.25, -0.2) is 4.99 Å². The Hall–Kier alpha value is -2.69. The van der Waals surface area contributed by atoms with Gasteiger partial charge in [-0.15, -0.1) is 0 Å². The third kappa shape index (κ3) is 6.51. The molecule has 1 aliphatic rings. The van der Waals surface area contributed by atoms with E-state index in [1.807, 2.05) is 6.92 Å². The number of piperidine rings is 1. The summed E-state index contributed by atoms with van der Waals surface area (Å²) in [5, 5.41) is 6.37. The number of hydrogen-bond donors (Lipinski definition) is 2. The van der Waals surface area contributed by atoms with Gasteiger partial charge in [-0.05, 0) is 31.5 Å². The summed E-state index contributed by atoms with van der Waals surface area (Å²) in [5.41, 5.74) is -0.422. The Morgan fingerprint density at radius 3 is 2.85 bits per heavy atom. The molecule has 1 aliphatic heterocycles. The number of halogens is 3. The zero-order valence-corrected chi connectivity index (χ0v) is 15.4. The molecular formula is C19H23F3N4O. The highest BCUT2D eigenvalue weighted by Crippen LogP contribution is 2.29. The molecule has 146 valence electrons. The van der Waals surface area contributed by atoms with E-state index >= 15 is 0 Å². The molecule has 0 bridgehead atoms. The summed E-state index contributed by atoms with van der Waals surface area (Å²) in [6.45, 7) is 3.34. The van der Waals surface area contributed by atoms with Crippen molar-refractivity contribution in [3.63, 3.8) is 0 Å². The van der Waals surface area contributed by atoms with Gasteiger partial charge in [0.1, 0.15) is 6.54 Å². The number of likely N-dealkylation sites (N-methyl/N-ethyl adjacent to an activating group) is 1. The molecule has 1 saturated heterocycles. The summed E-state index contributed by atoms with van der Waals surface area (Å²) in [7, 11) is 1.76. The number of carbonyl (C=O) groups is 1. The van der Waals surface area contributed by atoms with Crippen molar-refractivity contribution in [2.45, 2.75) is 32.0 Å². The molecular weight excluding hydrogens is 357 g/mol. The molecule has 8 heteroatoms. The van der Waals surface area contributed by atoms with E-state index in [-0.39, 0.29) is 18.5 Å². The van der Waals surface area contributed by atoms with Crippen LogP contribution in [0.2, 0.25) is 0 Å². The number of benzene rings is 1. The largest absolute Gasteiger partial charge is 0.416 e. The summed E-state index contributed by atoms with van der Waals surface area (Å²) >= 11 is 0. The van der Waals surface area contributed by atoms with E-state index in [9.17, 15) is 18.0 Å². The second kappa shape index (κ2) is 9.31. The van der Waals surface area contributed by atoms with E-state index in [4.69, 9.17) is 0 Å². The minimum Gasteiger partial charge on any atom is -0.357 e. The molecule has 0 aromatic heterocycles. The van der Waals surface area contributed by atoms with Gasteiger partial charge in [-0.1, -0.05) is 17.9 Å². The first-order valence-electron chi connectivity index (χ1n) is 8.74. The van der Waals surface area contributed by atoms with Gasteiger partial charge in [0.15, 0.2) is 5.96 Å². The fourth-order valence-electron chi connectivity index (χ4n) is 2.68. The molecule has 0 aliphatic carbocycles. The third-order valence-electron chi connectivity index (χ3n) is 4.05. The van der Waals surface area contributed by atoms with Crippen LogP contribution < -0.4 is 10.6 Å². The maximum absolute atomic E-state index is 12.7. The van der Waals surface area contributed by atoms with Crippen molar-refractivity contribution in [2.24, 2.45) is 4.99 Å². The molecule has 0 radical (unpaired) electrons. The predicted octanol–water partition coefficient (Wildman–Crippen LogP) is 2.23. The van der Waals surface area contributed by atoms with Gasteiger partial charge in [0.05, 0.1) is 5.56 Å². The van der Waals surface area contributed by atoms with Crippen molar-refractivity contribution in [3.8, 4) is 11.8 Å². The first-order chi connectivity index (χ1) is 12.8. The third-order valence-corrected chi connectivity index (χ3v) is 4.05. The number of nitrogens with one attached hydrogen (secondary N) is 2. The molecule has 1 aromatic carbocycles. The minimum absolute atomic E-state index is 0.0990. The van der Waals surface area contributed by atoms with Crippen molar-refractivity contribution < 1.29 is 18.0 Å². The van der Waals surface area contributed by atoms with Crippen molar-refractivity contribution in [1.29, 1.82) is 0 Å². The first kappa shape index (κ1) is 20.6. The normalized spacial score (nSPS) is 18.0. The van der Waals surface area contributed by atoms with E-state index < -0.39 is 11.7 Å². The topological polar surface area (TPSA) is 56.7 Å². The Bertz CT molecular complexity index is 749. The van der Waals surface area contributed by atoms with Crippen LogP contribution >= 0.6 is 0 Å². The molecule has 1 atom stereocenters. The maximum atomic E-state index is 12.7. The minimum atomic E-state index is -4.38. The van der Waals surface area contributed by atoms with E-state index in [2.05, 4.69) is 27.5 Å². The van der Waals surface area contributed by atoms with Crippen LogP contribution in [0.3, 0.4) is 0 Å². The zero-order chi connectivity index (χ0) is 19.9. The lowest BCUT2D eigenvalue weighted by atomic mass is 10.1. The number of likely N-dealkylation sites (tertiary alicyclic amines) is 1. The number of rotatable bonds is 3. The van der Waals surface area contributed by atoms with Gasteiger partial charge in [0, 0.05) is 38.2 Å². The fraction of sp³-hybridized carbons (Fsp3) is 0.474. The van der Waals surface area contributed by atoms with Crippen molar-refractivity contribution in [2.75, 3.05) is 26.7 Å². The second-order valence-corrected chi connectivity index (χ2v) is 6.23. The van der Waals surface area contributed by atoms with Crippen LogP contribution in [-0.2, 0) is 11.0 Å².